The Bertz CT molecular complexity index is 1260. The van der Waals surface area contributed by atoms with Crippen molar-refractivity contribution in [2.45, 2.75) is 13.1 Å². The molecular weight excluding hydrogens is 421 g/mol. The predicted octanol–water partition coefficient (Wildman–Crippen LogP) is 6.36. The number of carbonyl (C=O) groups is 1. The molecule has 1 aromatic heterocycles. The van der Waals surface area contributed by atoms with E-state index in [2.05, 4.69) is 10.3 Å². The second kappa shape index (κ2) is 8.22. The molecule has 0 aliphatic heterocycles. The SMILES string of the molecule is CC(=O)Nc1oc(-c2ccc(-c3ccccc3)cc2O)nc1-c1ccc(C(F)(F)F)cc1. The smallest absolute Gasteiger partial charge is 0.416 e. The molecule has 0 spiro atoms. The standard InChI is InChI=1S/C24H17F3N2O3/c1-14(30)28-23-21(16-7-10-18(11-8-16)24(25,26)27)29-22(32-23)19-12-9-17(13-20(19)31)15-5-3-2-4-6-15/h2-13,31H,1H3,(H,28,30). The summed E-state index contributed by atoms with van der Waals surface area (Å²) in [5.74, 6) is -0.551. The number of halogens is 3. The van der Waals surface area contributed by atoms with Crippen LogP contribution in [0.25, 0.3) is 33.8 Å². The Morgan fingerprint density at radius 3 is 2.19 bits per heavy atom. The summed E-state index contributed by atoms with van der Waals surface area (Å²) < 4.78 is 44.3. The van der Waals surface area contributed by atoms with Crippen LogP contribution in [0.5, 0.6) is 5.75 Å². The van der Waals surface area contributed by atoms with Crippen LogP contribution in [0.3, 0.4) is 0 Å². The van der Waals surface area contributed by atoms with Crippen LogP contribution in [0.1, 0.15) is 12.5 Å². The number of benzene rings is 3. The molecule has 0 unspecified atom stereocenters. The highest BCUT2D eigenvalue weighted by molar-refractivity contribution is 5.91. The Labute approximate surface area is 181 Å². The Morgan fingerprint density at radius 1 is 0.938 bits per heavy atom. The van der Waals surface area contributed by atoms with Crippen molar-refractivity contribution in [1.82, 2.24) is 4.98 Å². The van der Waals surface area contributed by atoms with Crippen molar-refractivity contribution >= 4 is 11.8 Å². The van der Waals surface area contributed by atoms with Crippen LogP contribution in [-0.4, -0.2) is 16.0 Å². The molecule has 0 aliphatic carbocycles. The third kappa shape index (κ3) is 4.34. The van der Waals surface area contributed by atoms with Gasteiger partial charge in [-0.3, -0.25) is 10.1 Å². The van der Waals surface area contributed by atoms with Crippen LogP contribution in [0.15, 0.2) is 77.2 Å². The monoisotopic (exact) mass is 438 g/mol. The molecule has 0 atom stereocenters. The van der Waals surface area contributed by atoms with Gasteiger partial charge in [0.15, 0.2) is 0 Å². The molecule has 0 radical (unpaired) electrons. The molecule has 32 heavy (non-hydrogen) atoms. The minimum atomic E-state index is -4.47. The first-order valence-corrected chi connectivity index (χ1v) is 9.57. The minimum absolute atomic E-state index is 0.0146. The quantitative estimate of drug-likeness (QED) is 0.389. The molecule has 0 fully saturated rings. The Balaban J connectivity index is 1.75. The zero-order valence-corrected chi connectivity index (χ0v) is 16.8. The Morgan fingerprint density at radius 2 is 1.59 bits per heavy atom. The number of nitrogens with one attached hydrogen (secondary N) is 1. The Kier molecular flexibility index (Phi) is 5.44. The van der Waals surface area contributed by atoms with Crippen LogP contribution < -0.4 is 5.32 Å². The number of rotatable bonds is 4. The molecule has 0 saturated carbocycles. The van der Waals surface area contributed by atoms with E-state index in [-0.39, 0.29) is 28.8 Å². The zero-order chi connectivity index (χ0) is 22.9. The first kappa shape index (κ1) is 21.2. The van der Waals surface area contributed by atoms with Gasteiger partial charge in [0.2, 0.25) is 17.7 Å². The van der Waals surface area contributed by atoms with Crippen molar-refractivity contribution in [3.05, 3.63) is 78.4 Å². The van der Waals surface area contributed by atoms with E-state index in [9.17, 15) is 23.1 Å². The molecule has 0 bridgehead atoms. The van der Waals surface area contributed by atoms with Crippen molar-refractivity contribution in [1.29, 1.82) is 0 Å². The van der Waals surface area contributed by atoms with Gasteiger partial charge in [-0.1, -0.05) is 48.5 Å². The lowest BCUT2D eigenvalue weighted by molar-refractivity contribution is -0.137. The number of phenols is 1. The fraction of sp³-hybridized carbons (Fsp3) is 0.0833. The van der Waals surface area contributed by atoms with E-state index in [1.165, 1.54) is 19.1 Å². The van der Waals surface area contributed by atoms with Crippen LogP contribution in [0.2, 0.25) is 0 Å². The Hall–Kier alpha value is -4.07. The van der Waals surface area contributed by atoms with Crippen molar-refractivity contribution in [2.75, 3.05) is 5.32 Å². The number of oxazole rings is 1. The first-order valence-electron chi connectivity index (χ1n) is 9.57. The summed E-state index contributed by atoms with van der Waals surface area (Å²) in [5.41, 5.74) is 1.62. The van der Waals surface area contributed by atoms with Gasteiger partial charge in [-0.25, -0.2) is 4.98 Å². The van der Waals surface area contributed by atoms with Gasteiger partial charge >= 0.3 is 6.18 Å². The van der Waals surface area contributed by atoms with Crippen LogP contribution in [-0.2, 0) is 11.0 Å². The summed E-state index contributed by atoms with van der Waals surface area (Å²) in [6, 6.07) is 18.7. The van der Waals surface area contributed by atoms with Gasteiger partial charge in [-0.15, -0.1) is 0 Å². The van der Waals surface area contributed by atoms with Gasteiger partial charge < -0.3 is 9.52 Å². The molecule has 3 aromatic carbocycles. The van der Waals surface area contributed by atoms with E-state index in [4.69, 9.17) is 4.42 Å². The third-order valence-electron chi connectivity index (χ3n) is 4.74. The van der Waals surface area contributed by atoms with E-state index < -0.39 is 17.6 Å². The number of hydrogen-bond donors (Lipinski definition) is 2. The maximum absolute atomic E-state index is 12.9. The maximum Gasteiger partial charge on any atom is 0.416 e. The highest BCUT2D eigenvalue weighted by Crippen LogP contribution is 2.39. The van der Waals surface area contributed by atoms with Gasteiger partial charge in [0.1, 0.15) is 11.4 Å². The highest BCUT2D eigenvalue weighted by atomic mass is 19.4. The lowest BCUT2D eigenvalue weighted by atomic mass is 10.0. The molecule has 8 heteroatoms. The minimum Gasteiger partial charge on any atom is -0.507 e. The van der Waals surface area contributed by atoms with E-state index in [1.807, 2.05) is 30.3 Å². The number of aromatic hydroxyl groups is 1. The van der Waals surface area contributed by atoms with E-state index in [0.29, 0.717) is 5.56 Å². The fourth-order valence-corrected chi connectivity index (χ4v) is 3.22. The average Bonchev–Trinajstić information content (AvgIpc) is 3.16. The van der Waals surface area contributed by atoms with Crippen molar-refractivity contribution < 1.29 is 27.5 Å². The molecular formula is C24H17F3N2O3. The number of anilines is 1. The number of hydrogen-bond acceptors (Lipinski definition) is 4. The number of alkyl halides is 3. The van der Waals surface area contributed by atoms with Crippen LogP contribution in [0.4, 0.5) is 19.1 Å². The van der Waals surface area contributed by atoms with Gasteiger partial charge in [0, 0.05) is 12.5 Å². The van der Waals surface area contributed by atoms with Gasteiger partial charge in [-0.05, 0) is 35.4 Å². The number of phenolic OH excluding ortho intramolecular Hbond substituents is 1. The molecule has 1 amide bonds. The zero-order valence-electron chi connectivity index (χ0n) is 16.8. The van der Waals surface area contributed by atoms with Crippen molar-refractivity contribution in [3.8, 4) is 39.6 Å². The van der Waals surface area contributed by atoms with Gasteiger partial charge in [-0.2, -0.15) is 13.2 Å². The fourth-order valence-electron chi connectivity index (χ4n) is 3.22. The second-order valence-electron chi connectivity index (χ2n) is 7.05. The molecule has 4 rings (SSSR count). The van der Waals surface area contributed by atoms with Crippen LogP contribution in [0, 0.1) is 0 Å². The van der Waals surface area contributed by atoms with Crippen LogP contribution >= 0.6 is 0 Å². The molecule has 1 heterocycles. The van der Waals surface area contributed by atoms with Crippen molar-refractivity contribution in [3.63, 3.8) is 0 Å². The molecule has 2 N–H and O–H groups in total. The second-order valence-corrected chi connectivity index (χ2v) is 7.05. The molecule has 162 valence electrons. The number of nitrogens with zero attached hydrogens (tertiary/aromatic N) is 1. The summed E-state index contributed by atoms with van der Waals surface area (Å²) in [5, 5.41) is 13.1. The molecule has 5 nitrogen and oxygen atoms in total. The first-order chi connectivity index (χ1) is 15.2. The summed E-state index contributed by atoms with van der Waals surface area (Å²) in [6.45, 7) is 1.27. The van der Waals surface area contributed by atoms with E-state index in [1.54, 1.807) is 18.2 Å². The van der Waals surface area contributed by atoms with E-state index >= 15 is 0 Å². The van der Waals surface area contributed by atoms with E-state index in [0.717, 1.165) is 23.3 Å². The lowest BCUT2D eigenvalue weighted by Crippen LogP contribution is -2.06. The number of carbonyl (C=O) groups excluding carboxylic acids is 1. The summed E-state index contributed by atoms with van der Waals surface area (Å²) in [6.07, 6.45) is -4.47. The predicted molar refractivity (Wildman–Crippen MR) is 114 cm³/mol. The summed E-state index contributed by atoms with van der Waals surface area (Å²) in [4.78, 5) is 15.9. The van der Waals surface area contributed by atoms with Gasteiger partial charge in [0.05, 0.1) is 11.1 Å². The summed E-state index contributed by atoms with van der Waals surface area (Å²) in [7, 11) is 0. The molecule has 0 saturated heterocycles. The third-order valence-corrected chi connectivity index (χ3v) is 4.74. The topological polar surface area (TPSA) is 75.4 Å². The largest absolute Gasteiger partial charge is 0.507 e. The van der Waals surface area contributed by atoms with Crippen molar-refractivity contribution in [2.24, 2.45) is 0 Å². The average molecular weight is 438 g/mol. The lowest BCUT2D eigenvalue weighted by Gasteiger charge is -2.07. The summed E-state index contributed by atoms with van der Waals surface area (Å²) >= 11 is 0. The highest BCUT2D eigenvalue weighted by Gasteiger charge is 2.30. The normalized spacial score (nSPS) is 11.4. The maximum atomic E-state index is 12.9. The molecule has 0 aliphatic rings. The number of amides is 1. The van der Waals surface area contributed by atoms with Gasteiger partial charge in [0.25, 0.3) is 0 Å². The number of aromatic nitrogens is 1. The molecule has 4 aromatic rings.